The van der Waals surface area contributed by atoms with E-state index < -0.39 is 0 Å². The number of hydrogen-bond acceptors (Lipinski definition) is 2. The number of amides is 1. The van der Waals surface area contributed by atoms with Gasteiger partial charge in [0.25, 0.3) is 5.91 Å². The lowest BCUT2D eigenvalue weighted by Crippen LogP contribution is -2.27. The zero-order valence-electron chi connectivity index (χ0n) is 12.1. The fourth-order valence-electron chi connectivity index (χ4n) is 2.02. The molecule has 2 rings (SSSR count). The summed E-state index contributed by atoms with van der Waals surface area (Å²) in [5, 5.41) is 12.0. The van der Waals surface area contributed by atoms with E-state index in [0.717, 1.165) is 11.3 Å². The van der Waals surface area contributed by atoms with Gasteiger partial charge in [0.1, 0.15) is 11.6 Å². The smallest absolute Gasteiger partial charge is 0.262 e. The molecule has 0 saturated heterocycles. The zero-order chi connectivity index (χ0) is 15.2. The van der Waals surface area contributed by atoms with Gasteiger partial charge in [-0.25, -0.2) is 0 Å². The highest BCUT2D eigenvalue weighted by atomic mass is 16.1. The molecule has 4 nitrogen and oxygen atoms in total. The summed E-state index contributed by atoms with van der Waals surface area (Å²) in [6, 6.07) is 15.2. The summed E-state index contributed by atoms with van der Waals surface area (Å²) < 4.78 is 1.85. The molecule has 1 N–H and O–H groups in total. The van der Waals surface area contributed by atoms with Crippen molar-refractivity contribution < 1.29 is 4.79 Å². The van der Waals surface area contributed by atoms with E-state index in [1.807, 2.05) is 73.3 Å². The van der Waals surface area contributed by atoms with Gasteiger partial charge < -0.3 is 9.88 Å². The van der Waals surface area contributed by atoms with Crippen molar-refractivity contribution in [3.8, 4) is 6.07 Å². The molecule has 4 heteroatoms. The van der Waals surface area contributed by atoms with Gasteiger partial charge in [0, 0.05) is 18.9 Å². The number of hydrogen-bond donors (Lipinski definition) is 1. The summed E-state index contributed by atoms with van der Waals surface area (Å²) in [7, 11) is 1.87. The van der Waals surface area contributed by atoms with Crippen LogP contribution in [0.25, 0.3) is 6.08 Å². The van der Waals surface area contributed by atoms with Crippen LogP contribution in [0.2, 0.25) is 0 Å². The summed E-state index contributed by atoms with van der Waals surface area (Å²) in [5.74, 6) is -0.366. The predicted molar refractivity (Wildman–Crippen MR) is 82.0 cm³/mol. The molecule has 0 saturated carbocycles. The van der Waals surface area contributed by atoms with Crippen molar-refractivity contribution in [3.05, 3.63) is 65.5 Å². The van der Waals surface area contributed by atoms with E-state index in [1.165, 1.54) is 0 Å². The van der Waals surface area contributed by atoms with Crippen LogP contribution in [0.5, 0.6) is 0 Å². The van der Waals surface area contributed by atoms with Gasteiger partial charge >= 0.3 is 0 Å². The van der Waals surface area contributed by atoms with Crippen molar-refractivity contribution in [2.45, 2.75) is 13.0 Å². The molecule has 0 aliphatic carbocycles. The normalized spacial score (nSPS) is 12.5. The van der Waals surface area contributed by atoms with E-state index >= 15 is 0 Å². The van der Waals surface area contributed by atoms with Gasteiger partial charge in [0.05, 0.1) is 6.04 Å². The van der Waals surface area contributed by atoms with E-state index in [2.05, 4.69) is 5.32 Å². The van der Waals surface area contributed by atoms with Gasteiger partial charge in [-0.2, -0.15) is 5.26 Å². The lowest BCUT2D eigenvalue weighted by Gasteiger charge is -2.13. The van der Waals surface area contributed by atoms with Crippen molar-refractivity contribution >= 4 is 12.0 Å². The Morgan fingerprint density at radius 3 is 2.57 bits per heavy atom. The second kappa shape index (κ2) is 6.58. The standard InChI is InChI=1S/C17H17N3O/c1-13(14-7-4-3-5-8-14)19-17(21)15(12-18)11-16-9-6-10-20(16)2/h3-11,13H,1-2H3,(H,19,21)/b15-11-/t13-/m0/s1. The third kappa shape index (κ3) is 3.61. The summed E-state index contributed by atoms with van der Waals surface area (Å²) in [6.45, 7) is 1.89. The third-order valence-corrected chi connectivity index (χ3v) is 3.29. The molecule has 0 unspecified atom stereocenters. The lowest BCUT2D eigenvalue weighted by atomic mass is 10.1. The SMILES string of the molecule is C[C@H](NC(=O)/C(C#N)=C\c1cccn1C)c1ccccc1. The fourth-order valence-corrected chi connectivity index (χ4v) is 2.02. The molecule has 1 aromatic carbocycles. The Balaban J connectivity index is 2.13. The molecule has 0 fully saturated rings. The second-order valence-corrected chi connectivity index (χ2v) is 4.82. The molecule has 0 radical (unpaired) electrons. The molecule has 0 bridgehead atoms. The van der Waals surface area contributed by atoms with Crippen LogP contribution in [0.4, 0.5) is 0 Å². The van der Waals surface area contributed by atoms with Gasteiger partial charge in [-0.1, -0.05) is 30.3 Å². The second-order valence-electron chi connectivity index (χ2n) is 4.82. The van der Waals surface area contributed by atoms with Crippen LogP contribution < -0.4 is 5.32 Å². The summed E-state index contributed by atoms with van der Waals surface area (Å²) in [4.78, 5) is 12.2. The monoisotopic (exact) mass is 279 g/mol. The summed E-state index contributed by atoms with van der Waals surface area (Å²) in [5.41, 5.74) is 1.91. The number of nitrogens with one attached hydrogen (secondary N) is 1. The van der Waals surface area contributed by atoms with Crippen molar-refractivity contribution in [2.24, 2.45) is 7.05 Å². The number of carbonyl (C=O) groups excluding carboxylic acids is 1. The van der Waals surface area contributed by atoms with Gasteiger partial charge in [-0.15, -0.1) is 0 Å². The summed E-state index contributed by atoms with van der Waals surface area (Å²) in [6.07, 6.45) is 3.46. The van der Waals surface area contributed by atoms with Gasteiger partial charge in [0.2, 0.25) is 0 Å². The first kappa shape index (κ1) is 14.6. The first-order valence-corrected chi connectivity index (χ1v) is 6.70. The molecule has 1 heterocycles. The van der Waals surface area contributed by atoms with E-state index in [4.69, 9.17) is 0 Å². The maximum Gasteiger partial charge on any atom is 0.262 e. The fraction of sp³-hybridized carbons (Fsp3) is 0.176. The Morgan fingerprint density at radius 1 is 1.29 bits per heavy atom. The quantitative estimate of drug-likeness (QED) is 0.691. The highest BCUT2D eigenvalue weighted by molar-refractivity contribution is 6.01. The minimum Gasteiger partial charge on any atom is -0.351 e. The number of aromatic nitrogens is 1. The van der Waals surface area contributed by atoms with Crippen molar-refractivity contribution in [2.75, 3.05) is 0 Å². The molecule has 2 aromatic rings. The molecular formula is C17H17N3O. The largest absolute Gasteiger partial charge is 0.351 e. The van der Waals surface area contributed by atoms with Crippen LogP contribution in [-0.2, 0) is 11.8 Å². The lowest BCUT2D eigenvalue weighted by molar-refractivity contribution is -0.117. The first-order valence-electron chi connectivity index (χ1n) is 6.70. The van der Waals surface area contributed by atoms with E-state index in [0.29, 0.717) is 0 Å². The summed E-state index contributed by atoms with van der Waals surface area (Å²) >= 11 is 0. The van der Waals surface area contributed by atoms with Crippen molar-refractivity contribution in [1.82, 2.24) is 9.88 Å². The Labute approximate surface area is 124 Å². The van der Waals surface area contributed by atoms with E-state index in [-0.39, 0.29) is 17.5 Å². The van der Waals surface area contributed by atoms with Crippen LogP contribution in [0.15, 0.2) is 54.2 Å². The Kier molecular flexibility index (Phi) is 4.57. The predicted octanol–water partition coefficient (Wildman–Crippen LogP) is 2.81. The van der Waals surface area contributed by atoms with Crippen LogP contribution in [-0.4, -0.2) is 10.5 Å². The maximum absolute atomic E-state index is 12.2. The highest BCUT2D eigenvalue weighted by Gasteiger charge is 2.13. The zero-order valence-corrected chi connectivity index (χ0v) is 12.1. The molecule has 106 valence electrons. The minimum absolute atomic E-state index is 0.0968. The Hall–Kier alpha value is -2.80. The van der Waals surface area contributed by atoms with Crippen LogP contribution in [0, 0.1) is 11.3 Å². The average molecular weight is 279 g/mol. The Morgan fingerprint density at radius 2 is 2.00 bits per heavy atom. The first-order chi connectivity index (χ1) is 10.1. The van der Waals surface area contributed by atoms with E-state index in [1.54, 1.807) is 6.08 Å². The van der Waals surface area contributed by atoms with Gasteiger partial charge in [-0.05, 0) is 30.7 Å². The van der Waals surface area contributed by atoms with E-state index in [9.17, 15) is 10.1 Å². The number of rotatable bonds is 4. The molecule has 1 amide bonds. The molecule has 0 spiro atoms. The topological polar surface area (TPSA) is 57.8 Å². The van der Waals surface area contributed by atoms with Crippen LogP contribution in [0.3, 0.4) is 0 Å². The molecule has 1 atom stereocenters. The van der Waals surface area contributed by atoms with Crippen LogP contribution in [0.1, 0.15) is 24.2 Å². The maximum atomic E-state index is 12.2. The molecule has 1 aromatic heterocycles. The Bertz CT molecular complexity index is 692. The third-order valence-electron chi connectivity index (χ3n) is 3.29. The molecular weight excluding hydrogens is 262 g/mol. The number of benzene rings is 1. The van der Waals surface area contributed by atoms with Gasteiger partial charge in [-0.3, -0.25) is 4.79 Å². The highest BCUT2D eigenvalue weighted by Crippen LogP contribution is 2.13. The number of nitriles is 1. The molecule has 21 heavy (non-hydrogen) atoms. The molecule has 0 aliphatic rings. The van der Waals surface area contributed by atoms with Crippen LogP contribution >= 0.6 is 0 Å². The minimum atomic E-state index is -0.366. The van der Waals surface area contributed by atoms with Gasteiger partial charge in [0.15, 0.2) is 0 Å². The number of aryl methyl sites for hydroxylation is 1. The van der Waals surface area contributed by atoms with Crippen molar-refractivity contribution in [3.63, 3.8) is 0 Å². The average Bonchev–Trinajstić information content (AvgIpc) is 2.90. The molecule has 0 aliphatic heterocycles. The van der Waals surface area contributed by atoms with Crippen molar-refractivity contribution in [1.29, 1.82) is 5.26 Å². The number of carbonyl (C=O) groups is 1. The number of nitrogens with zero attached hydrogens (tertiary/aromatic N) is 2.